The highest BCUT2D eigenvalue weighted by molar-refractivity contribution is 5.53. The van der Waals surface area contributed by atoms with Gasteiger partial charge in [-0.2, -0.15) is 0 Å². The average Bonchev–Trinajstić information content (AvgIpc) is 2.62. The van der Waals surface area contributed by atoms with Gasteiger partial charge in [0.2, 0.25) is 0 Å². The maximum Gasteiger partial charge on any atom is 0.159 e. The number of aromatic nitrogens is 2. The second-order valence-electron chi connectivity index (χ2n) is 6.36. The zero-order chi connectivity index (χ0) is 16.2. The van der Waals surface area contributed by atoms with Crippen LogP contribution >= 0.6 is 0 Å². The van der Waals surface area contributed by atoms with E-state index in [1.54, 1.807) is 0 Å². The van der Waals surface area contributed by atoms with Gasteiger partial charge < -0.3 is 0 Å². The molecule has 0 radical (unpaired) electrons. The van der Waals surface area contributed by atoms with Crippen molar-refractivity contribution in [3.8, 4) is 11.4 Å². The number of unbranched alkanes of at least 4 members (excludes halogenated alkanes) is 8. The van der Waals surface area contributed by atoms with Gasteiger partial charge in [-0.3, -0.25) is 0 Å². The Bertz CT molecular complexity index is 519. The van der Waals surface area contributed by atoms with Crippen LogP contribution in [0.1, 0.15) is 70.3 Å². The highest BCUT2D eigenvalue weighted by Crippen LogP contribution is 2.15. The van der Waals surface area contributed by atoms with Crippen LogP contribution in [0, 0.1) is 0 Å². The smallest absolute Gasteiger partial charge is 0.159 e. The summed E-state index contributed by atoms with van der Waals surface area (Å²) in [5, 5.41) is 0. The third kappa shape index (κ3) is 6.94. The monoisotopic (exact) mass is 310 g/mol. The van der Waals surface area contributed by atoms with Crippen LogP contribution < -0.4 is 0 Å². The Morgan fingerprint density at radius 2 is 1.26 bits per heavy atom. The molecule has 0 N–H and O–H groups in total. The van der Waals surface area contributed by atoms with Gasteiger partial charge in [0.15, 0.2) is 5.82 Å². The van der Waals surface area contributed by atoms with Gasteiger partial charge in [-0.25, -0.2) is 9.97 Å². The molecule has 1 heterocycles. The van der Waals surface area contributed by atoms with E-state index in [1.165, 1.54) is 63.4 Å². The molecule has 2 nitrogen and oxygen atoms in total. The lowest BCUT2D eigenvalue weighted by molar-refractivity contribution is 0.564. The molecular weight excluding hydrogens is 280 g/mol. The summed E-state index contributed by atoms with van der Waals surface area (Å²) in [7, 11) is 0. The molecule has 2 heteroatoms. The summed E-state index contributed by atoms with van der Waals surface area (Å²) in [6, 6.07) is 10.2. The Hall–Kier alpha value is -1.70. The molecule has 1 aromatic carbocycles. The molecule has 0 aliphatic rings. The van der Waals surface area contributed by atoms with Crippen LogP contribution in [0.5, 0.6) is 0 Å². The van der Waals surface area contributed by atoms with E-state index in [9.17, 15) is 0 Å². The van der Waals surface area contributed by atoms with Crippen molar-refractivity contribution in [2.75, 3.05) is 0 Å². The molecule has 0 unspecified atom stereocenters. The van der Waals surface area contributed by atoms with Crippen LogP contribution in [0.2, 0.25) is 0 Å². The van der Waals surface area contributed by atoms with Gasteiger partial charge in [0, 0.05) is 18.0 Å². The molecule has 0 aliphatic heterocycles. The van der Waals surface area contributed by atoms with Crippen LogP contribution in [0.4, 0.5) is 0 Å². The summed E-state index contributed by atoms with van der Waals surface area (Å²) in [6.07, 6.45) is 17.4. The van der Waals surface area contributed by atoms with Crippen molar-refractivity contribution in [2.45, 2.75) is 71.1 Å². The Morgan fingerprint density at radius 3 is 1.87 bits per heavy atom. The molecule has 0 fully saturated rings. The maximum absolute atomic E-state index is 4.49. The minimum Gasteiger partial charge on any atom is -0.236 e. The predicted octanol–water partition coefficient (Wildman–Crippen LogP) is 6.22. The van der Waals surface area contributed by atoms with Crippen molar-refractivity contribution in [2.24, 2.45) is 0 Å². The highest BCUT2D eigenvalue weighted by Gasteiger charge is 2.01. The molecule has 0 saturated heterocycles. The van der Waals surface area contributed by atoms with Crippen LogP contribution in [0.15, 0.2) is 42.7 Å². The van der Waals surface area contributed by atoms with E-state index in [0.29, 0.717) is 0 Å². The standard InChI is InChI=1S/C21H30N2/c1-2-3-4-5-6-7-8-9-11-14-19-17-22-21(23-18-19)20-15-12-10-13-16-20/h10,12-13,15-18H,2-9,11,14H2,1H3. The van der Waals surface area contributed by atoms with E-state index in [0.717, 1.165) is 17.8 Å². The zero-order valence-corrected chi connectivity index (χ0v) is 14.5. The van der Waals surface area contributed by atoms with E-state index in [2.05, 4.69) is 29.0 Å². The molecule has 2 rings (SSSR count). The molecule has 23 heavy (non-hydrogen) atoms. The van der Waals surface area contributed by atoms with Crippen molar-refractivity contribution in [1.82, 2.24) is 9.97 Å². The highest BCUT2D eigenvalue weighted by atomic mass is 14.9. The third-order valence-corrected chi connectivity index (χ3v) is 4.31. The number of benzene rings is 1. The van der Waals surface area contributed by atoms with Gasteiger partial charge in [-0.15, -0.1) is 0 Å². The topological polar surface area (TPSA) is 25.8 Å². The Kier molecular flexibility index (Phi) is 8.39. The van der Waals surface area contributed by atoms with Crippen LogP contribution in [-0.2, 0) is 6.42 Å². The summed E-state index contributed by atoms with van der Waals surface area (Å²) >= 11 is 0. The molecule has 124 valence electrons. The Morgan fingerprint density at radius 1 is 0.696 bits per heavy atom. The second-order valence-corrected chi connectivity index (χ2v) is 6.36. The molecule has 0 amide bonds. The SMILES string of the molecule is CCCCCCCCCCCc1cnc(-c2ccccc2)nc1. The first-order valence-corrected chi connectivity index (χ1v) is 9.26. The predicted molar refractivity (Wildman–Crippen MR) is 98.4 cm³/mol. The molecule has 0 saturated carbocycles. The summed E-state index contributed by atoms with van der Waals surface area (Å²) in [5.74, 6) is 0.821. The number of aryl methyl sites for hydroxylation is 1. The number of hydrogen-bond acceptors (Lipinski definition) is 2. The summed E-state index contributed by atoms with van der Waals surface area (Å²) in [6.45, 7) is 2.27. The summed E-state index contributed by atoms with van der Waals surface area (Å²) in [4.78, 5) is 8.99. The minimum atomic E-state index is 0.821. The van der Waals surface area contributed by atoms with Crippen molar-refractivity contribution in [3.63, 3.8) is 0 Å². The summed E-state index contributed by atoms with van der Waals surface area (Å²) < 4.78 is 0. The number of rotatable bonds is 11. The fourth-order valence-corrected chi connectivity index (χ4v) is 2.86. The van der Waals surface area contributed by atoms with Gasteiger partial charge in [-0.1, -0.05) is 88.6 Å². The second kappa shape index (κ2) is 10.9. The molecule has 0 bridgehead atoms. The van der Waals surface area contributed by atoms with E-state index in [1.807, 2.05) is 30.6 Å². The van der Waals surface area contributed by atoms with E-state index in [4.69, 9.17) is 0 Å². The lowest BCUT2D eigenvalue weighted by atomic mass is 10.1. The van der Waals surface area contributed by atoms with Crippen LogP contribution in [0.3, 0.4) is 0 Å². The molecule has 0 aliphatic carbocycles. The normalized spacial score (nSPS) is 10.8. The van der Waals surface area contributed by atoms with Gasteiger partial charge >= 0.3 is 0 Å². The first-order chi connectivity index (χ1) is 11.4. The maximum atomic E-state index is 4.49. The largest absolute Gasteiger partial charge is 0.236 e. The molecule has 2 aromatic rings. The molecule has 0 atom stereocenters. The van der Waals surface area contributed by atoms with Crippen molar-refractivity contribution >= 4 is 0 Å². The van der Waals surface area contributed by atoms with Crippen molar-refractivity contribution in [1.29, 1.82) is 0 Å². The van der Waals surface area contributed by atoms with Crippen molar-refractivity contribution in [3.05, 3.63) is 48.3 Å². The number of nitrogens with zero attached hydrogens (tertiary/aromatic N) is 2. The zero-order valence-electron chi connectivity index (χ0n) is 14.5. The van der Waals surface area contributed by atoms with Gasteiger partial charge in [-0.05, 0) is 18.4 Å². The van der Waals surface area contributed by atoms with E-state index < -0.39 is 0 Å². The molecular formula is C21H30N2. The Balaban J connectivity index is 1.60. The first-order valence-electron chi connectivity index (χ1n) is 9.26. The lowest BCUT2D eigenvalue weighted by Crippen LogP contribution is -1.93. The quantitative estimate of drug-likeness (QED) is 0.461. The van der Waals surface area contributed by atoms with Crippen molar-refractivity contribution < 1.29 is 0 Å². The Labute approximate surface area is 141 Å². The average molecular weight is 310 g/mol. The lowest BCUT2D eigenvalue weighted by Gasteiger charge is -2.04. The van der Waals surface area contributed by atoms with Gasteiger partial charge in [0.05, 0.1) is 0 Å². The third-order valence-electron chi connectivity index (χ3n) is 4.31. The fraction of sp³-hybridized carbons (Fsp3) is 0.524. The number of hydrogen-bond donors (Lipinski definition) is 0. The van der Waals surface area contributed by atoms with Crippen LogP contribution in [0.25, 0.3) is 11.4 Å². The minimum absolute atomic E-state index is 0.821. The summed E-state index contributed by atoms with van der Waals surface area (Å²) in [5.41, 5.74) is 2.34. The molecule has 0 spiro atoms. The van der Waals surface area contributed by atoms with E-state index >= 15 is 0 Å². The fourth-order valence-electron chi connectivity index (χ4n) is 2.86. The van der Waals surface area contributed by atoms with Crippen LogP contribution in [-0.4, -0.2) is 9.97 Å². The molecule has 1 aromatic heterocycles. The van der Waals surface area contributed by atoms with Gasteiger partial charge in [0.25, 0.3) is 0 Å². The van der Waals surface area contributed by atoms with E-state index in [-0.39, 0.29) is 0 Å². The van der Waals surface area contributed by atoms with Gasteiger partial charge in [0.1, 0.15) is 0 Å². The first kappa shape index (κ1) is 17.7.